The van der Waals surface area contributed by atoms with E-state index in [0.29, 0.717) is 16.9 Å². The number of esters is 1. The van der Waals surface area contributed by atoms with Crippen molar-refractivity contribution in [2.45, 2.75) is 17.7 Å². The fraction of sp³-hybridized carbons (Fsp3) is 0.583. The zero-order valence-electron chi connectivity index (χ0n) is 11.4. The number of carbonyl (C=O) groups excluding carboxylic acids is 1. The van der Waals surface area contributed by atoms with Gasteiger partial charge in [-0.3, -0.25) is 0 Å². The molecule has 0 aromatic carbocycles. The molecule has 0 radical (unpaired) electrons. The number of piperidine rings is 1. The van der Waals surface area contributed by atoms with E-state index < -0.39 is 16.0 Å². The van der Waals surface area contributed by atoms with E-state index >= 15 is 0 Å². The second-order valence-corrected chi connectivity index (χ2v) is 9.07. The SMILES string of the molecule is COC(=O)c1cc(S(=O)(=O)N2CCCC(CO)C2)c(Br)s1. The third-order valence-electron chi connectivity index (χ3n) is 3.40. The first-order valence-corrected chi connectivity index (χ1v) is 9.43. The molecule has 2 rings (SSSR count). The molecule has 0 saturated carbocycles. The Morgan fingerprint density at radius 3 is 2.95 bits per heavy atom. The number of aliphatic hydroxyl groups is 1. The van der Waals surface area contributed by atoms with Gasteiger partial charge >= 0.3 is 5.97 Å². The lowest BCUT2D eigenvalue weighted by atomic mass is 10.0. The minimum absolute atomic E-state index is 0.0236. The number of hydrogen-bond donors (Lipinski definition) is 1. The summed E-state index contributed by atoms with van der Waals surface area (Å²) in [7, 11) is -2.43. The van der Waals surface area contributed by atoms with Crippen LogP contribution in [0.2, 0.25) is 0 Å². The van der Waals surface area contributed by atoms with Crippen LogP contribution in [0.4, 0.5) is 0 Å². The van der Waals surface area contributed by atoms with Gasteiger partial charge in [-0.1, -0.05) is 0 Å². The second kappa shape index (κ2) is 6.74. The molecule has 1 atom stereocenters. The number of thiophene rings is 1. The molecule has 1 aliphatic heterocycles. The Bertz CT molecular complexity index is 628. The van der Waals surface area contributed by atoms with Gasteiger partial charge < -0.3 is 9.84 Å². The first-order chi connectivity index (χ1) is 9.90. The highest BCUT2D eigenvalue weighted by atomic mass is 79.9. The maximum atomic E-state index is 12.7. The van der Waals surface area contributed by atoms with E-state index in [4.69, 9.17) is 0 Å². The van der Waals surface area contributed by atoms with Crippen molar-refractivity contribution in [2.24, 2.45) is 5.92 Å². The van der Waals surface area contributed by atoms with E-state index in [0.717, 1.165) is 24.2 Å². The fourth-order valence-electron chi connectivity index (χ4n) is 2.26. The lowest BCUT2D eigenvalue weighted by Crippen LogP contribution is -2.40. The highest BCUT2D eigenvalue weighted by Gasteiger charge is 2.33. The van der Waals surface area contributed by atoms with E-state index in [1.807, 2.05) is 0 Å². The average molecular weight is 398 g/mol. The molecular formula is C12H16BrNO5S2. The maximum absolute atomic E-state index is 12.7. The smallest absolute Gasteiger partial charge is 0.348 e. The fourth-order valence-corrected chi connectivity index (χ4v) is 6.25. The number of carbonyl (C=O) groups is 1. The van der Waals surface area contributed by atoms with Crippen LogP contribution in [0.3, 0.4) is 0 Å². The van der Waals surface area contributed by atoms with Gasteiger partial charge in [0.1, 0.15) is 9.77 Å². The van der Waals surface area contributed by atoms with E-state index in [1.165, 1.54) is 17.5 Å². The van der Waals surface area contributed by atoms with Crippen LogP contribution in [-0.2, 0) is 14.8 Å². The number of methoxy groups -OCH3 is 1. The van der Waals surface area contributed by atoms with Gasteiger partial charge in [0, 0.05) is 19.7 Å². The van der Waals surface area contributed by atoms with Gasteiger partial charge in [-0.25, -0.2) is 13.2 Å². The van der Waals surface area contributed by atoms with Crippen molar-refractivity contribution in [3.63, 3.8) is 0 Å². The predicted molar refractivity (Wildman–Crippen MR) is 81.9 cm³/mol. The van der Waals surface area contributed by atoms with E-state index in [-0.39, 0.29) is 22.3 Å². The number of sulfonamides is 1. The van der Waals surface area contributed by atoms with Gasteiger partial charge in [0.25, 0.3) is 0 Å². The van der Waals surface area contributed by atoms with Crippen LogP contribution >= 0.6 is 27.3 Å². The molecule has 0 aliphatic carbocycles. The van der Waals surface area contributed by atoms with Crippen molar-refractivity contribution in [1.29, 1.82) is 0 Å². The Kier molecular flexibility index (Phi) is 5.42. The van der Waals surface area contributed by atoms with Crippen LogP contribution in [-0.4, -0.2) is 50.6 Å². The molecule has 1 fully saturated rings. The van der Waals surface area contributed by atoms with Gasteiger partial charge in [0.2, 0.25) is 10.0 Å². The zero-order valence-corrected chi connectivity index (χ0v) is 14.6. The van der Waals surface area contributed by atoms with Crippen molar-refractivity contribution in [3.05, 3.63) is 14.7 Å². The van der Waals surface area contributed by atoms with Crippen molar-refractivity contribution >= 4 is 43.3 Å². The predicted octanol–water partition coefficient (Wildman–Crippen LogP) is 1.69. The second-order valence-electron chi connectivity index (χ2n) is 4.79. The standard InChI is InChI=1S/C12H16BrNO5S2/c1-19-12(16)9-5-10(11(13)20-9)21(17,18)14-4-2-3-8(6-14)7-15/h5,8,15H,2-4,6-7H2,1H3. The summed E-state index contributed by atoms with van der Waals surface area (Å²) < 4.78 is 31.7. The molecule has 1 aromatic heterocycles. The number of ether oxygens (including phenoxy) is 1. The number of nitrogens with zero attached hydrogens (tertiary/aromatic N) is 1. The topological polar surface area (TPSA) is 83.9 Å². The van der Waals surface area contributed by atoms with Crippen LogP contribution in [0, 0.1) is 5.92 Å². The van der Waals surface area contributed by atoms with Gasteiger partial charge in [0.05, 0.1) is 10.9 Å². The quantitative estimate of drug-likeness (QED) is 0.781. The Morgan fingerprint density at radius 2 is 2.33 bits per heavy atom. The molecule has 1 aromatic rings. The van der Waals surface area contributed by atoms with Gasteiger partial charge in [-0.15, -0.1) is 11.3 Å². The number of rotatable bonds is 4. The summed E-state index contributed by atoms with van der Waals surface area (Å²) in [6.45, 7) is 0.702. The highest BCUT2D eigenvalue weighted by Crippen LogP contribution is 2.35. The van der Waals surface area contributed by atoms with Crippen molar-refractivity contribution < 1.29 is 23.1 Å². The van der Waals surface area contributed by atoms with Gasteiger partial charge in [-0.2, -0.15) is 4.31 Å². The molecule has 1 unspecified atom stereocenters. The third kappa shape index (κ3) is 3.48. The van der Waals surface area contributed by atoms with Crippen LogP contribution in [0.25, 0.3) is 0 Å². The van der Waals surface area contributed by atoms with E-state index in [1.54, 1.807) is 0 Å². The van der Waals surface area contributed by atoms with Crippen LogP contribution in [0.15, 0.2) is 14.7 Å². The van der Waals surface area contributed by atoms with Crippen molar-refractivity contribution in [2.75, 3.05) is 26.8 Å². The van der Waals surface area contributed by atoms with Crippen LogP contribution < -0.4 is 0 Å². The summed E-state index contributed by atoms with van der Waals surface area (Å²) in [5.41, 5.74) is 0. The lowest BCUT2D eigenvalue weighted by molar-refractivity contribution is 0.0606. The summed E-state index contributed by atoms with van der Waals surface area (Å²) in [5.74, 6) is -0.597. The molecule has 1 saturated heterocycles. The molecule has 0 amide bonds. The monoisotopic (exact) mass is 397 g/mol. The minimum atomic E-state index is -3.68. The first-order valence-electron chi connectivity index (χ1n) is 6.38. The molecule has 1 aliphatic rings. The number of hydrogen-bond acceptors (Lipinski definition) is 6. The Balaban J connectivity index is 2.31. The van der Waals surface area contributed by atoms with Gasteiger partial charge in [0.15, 0.2) is 0 Å². The molecule has 1 N–H and O–H groups in total. The van der Waals surface area contributed by atoms with E-state index in [2.05, 4.69) is 20.7 Å². The lowest BCUT2D eigenvalue weighted by Gasteiger charge is -2.30. The summed E-state index contributed by atoms with van der Waals surface area (Å²) in [4.78, 5) is 11.8. The average Bonchev–Trinajstić information content (AvgIpc) is 2.89. The molecule has 2 heterocycles. The maximum Gasteiger partial charge on any atom is 0.348 e. The first kappa shape index (κ1) is 16.9. The Hall–Kier alpha value is -0.480. The minimum Gasteiger partial charge on any atom is -0.465 e. The molecule has 0 spiro atoms. The van der Waals surface area contributed by atoms with Gasteiger partial charge in [-0.05, 0) is 40.8 Å². The van der Waals surface area contributed by atoms with E-state index in [9.17, 15) is 18.3 Å². The summed E-state index contributed by atoms with van der Waals surface area (Å²) in [6, 6.07) is 1.33. The number of aliphatic hydroxyl groups excluding tert-OH is 1. The number of halogens is 1. The highest BCUT2D eigenvalue weighted by molar-refractivity contribution is 9.11. The zero-order chi connectivity index (χ0) is 15.6. The third-order valence-corrected chi connectivity index (χ3v) is 7.50. The van der Waals surface area contributed by atoms with Crippen LogP contribution in [0.5, 0.6) is 0 Å². The molecule has 0 bridgehead atoms. The van der Waals surface area contributed by atoms with Crippen LogP contribution in [0.1, 0.15) is 22.5 Å². The molecule has 118 valence electrons. The largest absolute Gasteiger partial charge is 0.465 e. The Labute approximate surface area is 135 Å². The molecular weight excluding hydrogens is 382 g/mol. The van der Waals surface area contributed by atoms with Crippen molar-refractivity contribution in [3.8, 4) is 0 Å². The van der Waals surface area contributed by atoms with Crippen molar-refractivity contribution in [1.82, 2.24) is 4.31 Å². The normalized spacial score (nSPS) is 20.4. The summed E-state index contributed by atoms with van der Waals surface area (Å²) >= 11 is 4.24. The molecule has 9 heteroatoms. The molecule has 21 heavy (non-hydrogen) atoms. The summed E-state index contributed by atoms with van der Waals surface area (Å²) in [5, 5.41) is 9.22. The summed E-state index contributed by atoms with van der Waals surface area (Å²) in [6.07, 6.45) is 1.54. The molecule has 6 nitrogen and oxygen atoms in total. The Morgan fingerprint density at radius 1 is 1.62 bits per heavy atom.